The van der Waals surface area contributed by atoms with Crippen molar-refractivity contribution >= 4 is 0 Å². The van der Waals surface area contributed by atoms with Crippen molar-refractivity contribution in [1.29, 1.82) is 0 Å². The number of ether oxygens (including phenoxy) is 1. The predicted octanol–water partition coefficient (Wildman–Crippen LogP) is 2.71. The van der Waals surface area contributed by atoms with E-state index in [9.17, 15) is 4.39 Å². The molecule has 1 aromatic carbocycles. The van der Waals surface area contributed by atoms with Gasteiger partial charge in [-0.2, -0.15) is 0 Å². The molecule has 4 nitrogen and oxygen atoms in total. The van der Waals surface area contributed by atoms with Gasteiger partial charge in [0.15, 0.2) is 11.6 Å². The minimum absolute atomic E-state index is 0.239. The summed E-state index contributed by atoms with van der Waals surface area (Å²) in [6.45, 7) is 2.84. The molecule has 20 heavy (non-hydrogen) atoms. The van der Waals surface area contributed by atoms with E-state index in [1.54, 1.807) is 30.6 Å². The quantitative estimate of drug-likeness (QED) is 0.880. The number of methoxy groups -OCH3 is 1. The molecule has 106 valence electrons. The maximum Gasteiger partial charge on any atom is 0.170 e. The standard InChI is InChI=1S/C15H18FN3O/c1-3-7-19-15(11-8-17-10-18-9-11)12-5-4-6-13(20-2)14(12)16/h4-6,8-10,15,19H,3,7H2,1-2H3. The van der Waals surface area contributed by atoms with Gasteiger partial charge in [-0.15, -0.1) is 0 Å². The molecule has 0 radical (unpaired) electrons. The molecule has 0 spiro atoms. The molecule has 2 aromatic rings. The minimum atomic E-state index is -0.354. The van der Waals surface area contributed by atoms with Gasteiger partial charge < -0.3 is 10.1 Å². The second-order valence-corrected chi connectivity index (χ2v) is 4.42. The minimum Gasteiger partial charge on any atom is -0.494 e. The summed E-state index contributed by atoms with van der Waals surface area (Å²) in [5.41, 5.74) is 1.36. The van der Waals surface area contributed by atoms with Crippen LogP contribution in [0.15, 0.2) is 36.9 Å². The topological polar surface area (TPSA) is 47.0 Å². The zero-order valence-corrected chi connectivity index (χ0v) is 11.6. The maximum absolute atomic E-state index is 14.4. The lowest BCUT2D eigenvalue weighted by molar-refractivity contribution is 0.381. The Labute approximate surface area is 118 Å². The Bertz CT molecular complexity index is 548. The predicted molar refractivity (Wildman–Crippen MR) is 75.1 cm³/mol. The van der Waals surface area contributed by atoms with E-state index in [0.717, 1.165) is 18.5 Å². The molecule has 0 saturated carbocycles. The number of aromatic nitrogens is 2. The highest BCUT2D eigenvalue weighted by Crippen LogP contribution is 2.28. The molecule has 1 N–H and O–H groups in total. The van der Waals surface area contributed by atoms with Gasteiger partial charge in [0.25, 0.3) is 0 Å². The molecule has 1 unspecified atom stereocenters. The molecule has 0 saturated heterocycles. The van der Waals surface area contributed by atoms with Gasteiger partial charge in [0.05, 0.1) is 13.2 Å². The van der Waals surface area contributed by atoms with Gasteiger partial charge in [-0.05, 0) is 19.0 Å². The second-order valence-electron chi connectivity index (χ2n) is 4.42. The molecule has 1 heterocycles. The van der Waals surface area contributed by atoms with Crippen molar-refractivity contribution in [3.63, 3.8) is 0 Å². The summed E-state index contributed by atoms with van der Waals surface area (Å²) in [7, 11) is 1.46. The van der Waals surface area contributed by atoms with E-state index in [2.05, 4.69) is 22.2 Å². The highest BCUT2D eigenvalue weighted by atomic mass is 19.1. The molecule has 2 rings (SSSR count). The Kier molecular flexibility index (Phi) is 5.01. The molecule has 0 aliphatic carbocycles. The van der Waals surface area contributed by atoms with Crippen LogP contribution in [0.1, 0.15) is 30.5 Å². The van der Waals surface area contributed by atoms with Gasteiger partial charge >= 0.3 is 0 Å². The second kappa shape index (κ2) is 6.96. The lowest BCUT2D eigenvalue weighted by Crippen LogP contribution is -2.24. The van der Waals surface area contributed by atoms with E-state index in [1.165, 1.54) is 13.4 Å². The molecule has 1 atom stereocenters. The molecule has 0 amide bonds. The van der Waals surface area contributed by atoms with Crippen LogP contribution in [-0.2, 0) is 0 Å². The Balaban J connectivity index is 2.41. The van der Waals surface area contributed by atoms with Crippen LogP contribution in [0.25, 0.3) is 0 Å². The van der Waals surface area contributed by atoms with Crippen LogP contribution in [0.2, 0.25) is 0 Å². The molecular formula is C15H18FN3O. The van der Waals surface area contributed by atoms with E-state index in [4.69, 9.17) is 4.74 Å². The van der Waals surface area contributed by atoms with Crippen molar-refractivity contribution in [2.75, 3.05) is 13.7 Å². The van der Waals surface area contributed by atoms with Crippen LogP contribution < -0.4 is 10.1 Å². The molecular weight excluding hydrogens is 257 g/mol. The molecule has 1 aromatic heterocycles. The van der Waals surface area contributed by atoms with E-state index in [1.807, 2.05) is 0 Å². The first-order valence-corrected chi connectivity index (χ1v) is 6.58. The maximum atomic E-state index is 14.4. The fraction of sp³-hybridized carbons (Fsp3) is 0.333. The number of nitrogens with zero attached hydrogens (tertiary/aromatic N) is 2. The Morgan fingerprint density at radius 1 is 1.30 bits per heavy atom. The Morgan fingerprint density at radius 2 is 2.05 bits per heavy atom. The van der Waals surface area contributed by atoms with E-state index in [0.29, 0.717) is 5.56 Å². The number of halogens is 1. The number of benzene rings is 1. The van der Waals surface area contributed by atoms with Crippen molar-refractivity contribution in [3.8, 4) is 5.75 Å². The van der Waals surface area contributed by atoms with Crippen molar-refractivity contribution in [1.82, 2.24) is 15.3 Å². The summed E-state index contributed by atoms with van der Waals surface area (Å²) < 4.78 is 19.5. The van der Waals surface area contributed by atoms with E-state index in [-0.39, 0.29) is 17.6 Å². The zero-order valence-electron chi connectivity index (χ0n) is 11.6. The lowest BCUT2D eigenvalue weighted by atomic mass is 10.00. The van der Waals surface area contributed by atoms with Gasteiger partial charge in [-0.1, -0.05) is 19.1 Å². The average Bonchev–Trinajstić information content (AvgIpc) is 2.50. The molecule has 0 aliphatic heterocycles. The van der Waals surface area contributed by atoms with Crippen LogP contribution in [-0.4, -0.2) is 23.6 Å². The van der Waals surface area contributed by atoms with Gasteiger partial charge in [0.1, 0.15) is 6.33 Å². The highest BCUT2D eigenvalue weighted by molar-refractivity contribution is 5.37. The number of hydrogen-bond acceptors (Lipinski definition) is 4. The van der Waals surface area contributed by atoms with Crippen LogP contribution in [0.5, 0.6) is 5.75 Å². The van der Waals surface area contributed by atoms with Crippen molar-refractivity contribution in [2.45, 2.75) is 19.4 Å². The van der Waals surface area contributed by atoms with Crippen LogP contribution in [0, 0.1) is 5.82 Å². The van der Waals surface area contributed by atoms with Gasteiger partial charge in [0, 0.05) is 23.5 Å². The van der Waals surface area contributed by atoms with Crippen LogP contribution in [0.4, 0.5) is 4.39 Å². The smallest absolute Gasteiger partial charge is 0.170 e. The fourth-order valence-electron chi connectivity index (χ4n) is 2.06. The summed E-state index contributed by atoms with van der Waals surface area (Å²) in [5, 5.41) is 3.32. The number of hydrogen-bond donors (Lipinski definition) is 1. The van der Waals surface area contributed by atoms with Crippen molar-refractivity contribution in [3.05, 3.63) is 53.9 Å². The van der Waals surface area contributed by atoms with E-state index < -0.39 is 0 Å². The Morgan fingerprint density at radius 3 is 2.70 bits per heavy atom. The first-order valence-electron chi connectivity index (χ1n) is 6.58. The molecule has 0 aliphatic rings. The summed E-state index contributed by atoms with van der Waals surface area (Å²) in [4.78, 5) is 8.01. The summed E-state index contributed by atoms with van der Waals surface area (Å²) in [5.74, 6) is -0.116. The first-order chi connectivity index (χ1) is 9.77. The first kappa shape index (κ1) is 14.4. The SMILES string of the molecule is CCCNC(c1cncnc1)c1cccc(OC)c1F. The van der Waals surface area contributed by atoms with Crippen LogP contribution in [0.3, 0.4) is 0 Å². The zero-order chi connectivity index (χ0) is 14.4. The average molecular weight is 275 g/mol. The third-order valence-corrected chi connectivity index (χ3v) is 3.04. The Hall–Kier alpha value is -2.01. The molecule has 0 bridgehead atoms. The monoisotopic (exact) mass is 275 g/mol. The van der Waals surface area contributed by atoms with E-state index >= 15 is 0 Å². The highest BCUT2D eigenvalue weighted by Gasteiger charge is 2.20. The van der Waals surface area contributed by atoms with Gasteiger partial charge in [-0.25, -0.2) is 14.4 Å². The lowest BCUT2D eigenvalue weighted by Gasteiger charge is -2.20. The van der Waals surface area contributed by atoms with Crippen molar-refractivity contribution < 1.29 is 9.13 Å². The largest absolute Gasteiger partial charge is 0.494 e. The third kappa shape index (κ3) is 3.11. The summed E-state index contributed by atoms with van der Waals surface area (Å²) in [6.07, 6.45) is 5.80. The summed E-state index contributed by atoms with van der Waals surface area (Å²) >= 11 is 0. The van der Waals surface area contributed by atoms with Gasteiger partial charge in [-0.3, -0.25) is 0 Å². The number of nitrogens with one attached hydrogen (secondary N) is 1. The normalized spacial score (nSPS) is 12.2. The van der Waals surface area contributed by atoms with Crippen LogP contribution >= 0.6 is 0 Å². The molecule has 0 fully saturated rings. The molecule has 5 heteroatoms. The summed E-state index contributed by atoms with van der Waals surface area (Å²) in [6, 6.07) is 4.85. The van der Waals surface area contributed by atoms with Gasteiger partial charge in [0.2, 0.25) is 0 Å². The van der Waals surface area contributed by atoms with Crippen molar-refractivity contribution in [2.24, 2.45) is 0 Å². The fourth-order valence-corrected chi connectivity index (χ4v) is 2.06. The third-order valence-electron chi connectivity index (χ3n) is 3.04. The number of rotatable bonds is 6.